The van der Waals surface area contributed by atoms with Crippen molar-refractivity contribution in [2.24, 2.45) is 11.5 Å². The largest absolute Gasteiger partial charge is 0.493 e. The number of benzene rings is 3. The van der Waals surface area contributed by atoms with Crippen LogP contribution >= 0.6 is 0 Å². The highest BCUT2D eigenvalue weighted by Crippen LogP contribution is 2.31. The van der Waals surface area contributed by atoms with Gasteiger partial charge in [-0.1, -0.05) is 18.2 Å². The molecule has 2 atom stereocenters. The molecule has 0 radical (unpaired) electrons. The smallest absolute Gasteiger partial charge is 0.335 e. The Morgan fingerprint density at radius 1 is 1.02 bits per heavy atom. The van der Waals surface area contributed by atoms with Gasteiger partial charge in [0.1, 0.15) is 12.1 Å². The fraction of sp³-hybridized carbons (Fsp3) is 0.294. The Hall–Kier alpha value is -5.00. The molecule has 45 heavy (non-hydrogen) atoms. The summed E-state index contributed by atoms with van der Waals surface area (Å²) >= 11 is 0. The van der Waals surface area contributed by atoms with Crippen molar-refractivity contribution in [2.45, 2.75) is 45.8 Å². The van der Waals surface area contributed by atoms with Crippen LogP contribution in [0.2, 0.25) is 0 Å². The molecule has 0 saturated carbocycles. The van der Waals surface area contributed by atoms with Crippen molar-refractivity contribution >= 4 is 18.2 Å². The van der Waals surface area contributed by atoms with Crippen LogP contribution in [0.15, 0.2) is 60.8 Å². The number of aromatic nitrogens is 2. The predicted octanol–water partition coefficient (Wildman–Crippen LogP) is 4.46. The molecule has 4 aromatic rings. The number of carboxylic acids is 1. The molecular weight excluding hydrogens is 574 g/mol. The molecule has 11 nitrogen and oxygen atoms in total. The van der Waals surface area contributed by atoms with Crippen LogP contribution in [0, 0.1) is 13.8 Å². The molecule has 238 valence electrons. The number of hydrogen-bond donors (Lipinski definition) is 4. The Bertz CT molecular complexity index is 1630. The number of amides is 1. The molecule has 0 saturated heterocycles. The monoisotopic (exact) mass is 615 g/mol. The Labute approximate surface area is 263 Å². The van der Waals surface area contributed by atoms with Gasteiger partial charge in [-0.25, -0.2) is 9.78 Å². The lowest BCUT2D eigenvalue weighted by molar-refractivity contribution is -0.135. The van der Waals surface area contributed by atoms with Gasteiger partial charge in [0.15, 0.2) is 11.5 Å². The van der Waals surface area contributed by atoms with E-state index in [9.17, 15) is 19.5 Å². The Kier molecular flexibility index (Phi) is 12.0. The van der Waals surface area contributed by atoms with Gasteiger partial charge in [0, 0.05) is 17.7 Å². The second kappa shape index (κ2) is 15.6. The van der Waals surface area contributed by atoms with E-state index in [1.165, 1.54) is 13.1 Å². The van der Waals surface area contributed by atoms with Crippen molar-refractivity contribution in [1.29, 1.82) is 0 Å². The number of nitrogens with two attached hydrogens (primary N) is 2. The number of aromatic carboxylic acids is 1. The molecule has 0 spiro atoms. The van der Waals surface area contributed by atoms with E-state index in [4.69, 9.17) is 15.2 Å². The van der Waals surface area contributed by atoms with Crippen LogP contribution in [0.25, 0.3) is 11.3 Å². The molecule has 1 heterocycles. The van der Waals surface area contributed by atoms with Gasteiger partial charge in [-0.2, -0.15) is 0 Å². The summed E-state index contributed by atoms with van der Waals surface area (Å²) in [7, 11) is 4.61. The number of aryl methyl sites for hydroxylation is 2. The first-order chi connectivity index (χ1) is 21.6. The third-order valence-electron chi connectivity index (χ3n) is 7.56. The van der Waals surface area contributed by atoms with Gasteiger partial charge in [0.2, 0.25) is 5.91 Å². The molecule has 1 aromatic heterocycles. The Morgan fingerprint density at radius 2 is 1.69 bits per heavy atom. The number of aromatic amines is 1. The maximum absolute atomic E-state index is 14.1. The lowest BCUT2D eigenvalue weighted by atomic mass is 9.94. The summed E-state index contributed by atoms with van der Waals surface area (Å²) in [6, 6.07) is 14.2. The number of ether oxygens (including phenoxy) is 2. The minimum Gasteiger partial charge on any atom is -0.493 e. The summed E-state index contributed by atoms with van der Waals surface area (Å²) in [5.74, 6) is 0.301. The molecular formula is C34H41N5O6. The first kappa shape index (κ1) is 34.5. The standard InChI is InChI=1S/C33H36N4O6.CH5N/c1-19-11-23(18-38)12-20(2)26(19)15-27(34)32(39)37(17-22-9-10-29(42-4)30(13-22)43-5)21(3)31-35-16-28(36-31)24-7-6-8-25(14-24)33(40)41;1-2/h6-14,16,18,21,27H,15,17,34H2,1-5H3,(H,35,36)(H,40,41);2H2,1H3. The number of imidazole rings is 1. The molecule has 0 aliphatic carbocycles. The third-order valence-corrected chi connectivity index (χ3v) is 7.56. The van der Waals surface area contributed by atoms with E-state index in [0.717, 1.165) is 28.5 Å². The summed E-state index contributed by atoms with van der Waals surface area (Å²) < 4.78 is 10.8. The van der Waals surface area contributed by atoms with Crippen LogP contribution < -0.4 is 20.9 Å². The molecule has 0 aliphatic rings. The van der Waals surface area contributed by atoms with Gasteiger partial charge in [-0.3, -0.25) is 9.59 Å². The van der Waals surface area contributed by atoms with Gasteiger partial charge < -0.3 is 35.9 Å². The summed E-state index contributed by atoms with van der Waals surface area (Å²) in [4.78, 5) is 46.3. The van der Waals surface area contributed by atoms with E-state index in [2.05, 4.69) is 15.7 Å². The number of aldehydes is 1. The highest BCUT2D eigenvalue weighted by Gasteiger charge is 2.29. The fourth-order valence-electron chi connectivity index (χ4n) is 5.18. The van der Waals surface area contributed by atoms with Gasteiger partial charge in [0.25, 0.3) is 0 Å². The maximum Gasteiger partial charge on any atom is 0.335 e. The summed E-state index contributed by atoms with van der Waals surface area (Å²) in [6.45, 7) is 5.87. The molecule has 0 bridgehead atoms. The SMILES string of the molecule is CN.COc1ccc(CN(C(=O)C(N)Cc2c(C)cc(C=O)cc2C)C(C)c2ncc(-c3cccc(C(=O)O)c3)[nH]2)cc1OC. The van der Waals surface area contributed by atoms with E-state index in [1.54, 1.807) is 61.7 Å². The summed E-state index contributed by atoms with van der Waals surface area (Å²) in [6.07, 6.45) is 2.71. The highest BCUT2D eigenvalue weighted by molar-refractivity contribution is 5.89. The van der Waals surface area contributed by atoms with Crippen LogP contribution in [0.3, 0.4) is 0 Å². The van der Waals surface area contributed by atoms with Crippen molar-refractivity contribution in [1.82, 2.24) is 14.9 Å². The van der Waals surface area contributed by atoms with Crippen LogP contribution in [0.1, 0.15) is 61.8 Å². The zero-order chi connectivity index (χ0) is 33.3. The molecule has 1 amide bonds. The lowest BCUT2D eigenvalue weighted by Crippen LogP contribution is -2.46. The topological polar surface area (TPSA) is 174 Å². The number of carbonyl (C=O) groups is 3. The van der Waals surface area contributed by atoms with E-state index < -0.39 is 18.1 Å². The number of carbonyl (C=O) groups excluding carboxylic acids is 2. The van der Waals surface area contributed by atoms with Crippen LogP contribution in [0.4, 0.5) is 0 Å². The van der Waals surface area contributed by atoms with Crippen LogP contribution in [-0.4, -0.2) is 65.4 Å². The fourth-order valence-corrected chi connectivity index (χ4v) is 5.18. The molecule has 4 rings (SSSR count). The van der Waals surface area contributed by atoms with Crippen molar-refractivity contribution < 1.29 is 29.0 Å². The number of nitrogens with one attached hydrogen (secondary N) is 1. The van der Waals surface area contributed by atoms with Crippen LogP contribution in [-0.2, 0) is 17.8 Å². The van der Waals surface area contributed by atoms with E-state index in [-0.39, 0.29) is 24.4 Å². The second-order valence-corrected chi connectivity index (χ2v) is 10.5. The summed E-state index contributed by atoms with van der Waals surface area (Å²) in [5, 5.41) is 9.40. The number of carboxylic acid groups (broad SMARTS) is 1. The average molecular weight is 616 g/mol. The van der Waals surface area contributed by atoms with Crippen molar-refractivity contribution in [3.05, 3.63) is 100.0 Å². The maximum atomic E-state index is 14.1. The van der Waals surface area contributed by atoms with E-state index in [1.807, 2.05) is 32.9 Å². The van der Waals surface area contributed by atoms with Crippen LogP contribution in [0.5, 0.6) is 11.5 Å². The Morgan fingerprint density at radius 3 is 2.29 bits per heavy atom. The zero-order valence-electron chi connectivity index (χ0n) is 26.5. The van der Waals surface area contributed by atoms with Gasteiger partial charge in [-0.15, -0.1) is 0 Å². The normalized spacial score (nSPS) is 11.9. The average Bonchev–Trinajstić information content (AvgIpc) is 3.56. The Balaban J connectivity index is 0.00000271. The van der Waals surface area contributed by atoms with E-state index >= 15 is 0 Å². The summed E-state index contributed by atoms with van der Waals surface area (Å²) in [5.41, 5.74) is 16.6. The van der Waals surface area contributed by atoms with E-state index in [0.29, 0.717) is 34.1 Å². The first-order valence-electron chi connectivity index (χ1n) is 14.3. The predicted molar refractivity (Wildman–Crippen MR) is 173 cm³/mol. The zero-order valence-corrected chi connectivity index (χ0v) is 26.5. The first-order valence-corrected chi connectivity index (χ1v) is 14.3. The lowest BCUT2D eigenvalue weighted by Gasteiger charge is -2.31. The van der Waals surface area contributed by atoms with Gasteiger partial charge in [0.05, 0.1) is 43.8 Å². The molecule has 2 unspecified atom stereocenters. The molecule has 3 aromatic carbocycles. The van der Waals surface area contributed by atoms with Crippen molar-refractivity contribution in [2.75, 3.05) is 21.3 Å². The molecule has 0 fully saturated rings. The van der Waals surface area contributed by atoms with Crippen molar-refractivity contribution in [3.63, 3.8) is 0 Å². The highest BCUT2D eigenvalue weighted by atomic mass is 16.5. The number of hydrogen-bond acceptors (Lipinski definition) is 8. The number of H-pyrrole nitrogens is 1. The van der Waals surface area contributed by atoms with Gasteiger partial charge in [-0.05, 0) is 92.9 Å². The quantitative estimate of drug-likeness (QED) is 0.168. The van der Waals surface area contributed by atoms with Crippen molar-refractivity contribution in [3.8, 4) is 22.8 Å². The minimum absolute atomic E-state index is 0.157. The van der Waals surface area contributed by atoms with Gasteiger partial charge >= 0.3 is 5.97 Å². The molecule has 0 aliphatic heterocycles. The third kappa shape index (κ3) is 8.14. The second-order valence-electron chi connectivity index (χ2n) is 10.5. The molecule has 6 N–H and O–H groups in total. The number of methoxy groups -OCH3 is 2. The molecule has 11 heteroatoms. The number of nitrogens with zero attached hydrogens (tertiary/aromatic N) is 2. The minimum atomic E-state index is -1.03. The number of rotatable bonds is 12.